The first-order chi connectivity index (χ1) is 9.54. The number of carbonyl (C=O) groups excluding carboxylic acids is 1. The van der Waals surface area contributed by atoms with E-state index in [-0.39, 0.29) is 12.6 Å². The Balaban J connectivity index is 1.84. The SMILES string of the molecule is O=C(O)CN1CCN(C(=O)Nc2cccc(I)c2)CC1. The van der Waals surface area contributed by atoms with E-state index in [4.69, 9.17) is 5.11 Å². The van der Waals surface area contributed by atoms with E-state index in [1.54, 1.807) is 4.90 Å². The van der Waals surface area contributed by atoms with Crippen molar-refractivity contribution in [1.29, 1.82) is 0 Å². The second kappa shape index (κ2) is 6.89. The number of urea groups is 1. The summed E-state index contributed by atoms with van der Waals surface area (Å²) in [7, 11) is 0. The number of carboxylic acid groups (broad SMARTS) is 1. The minimum Gasteiger partial charge on any atom is -0.480 e. The second-order valence-corrected chi connectivity index (χ2v) is 5.84. The molecule has 0 bridgehead atoms. The van der Waals surface area contributed by atoms with Crippen molar-refractivity contribution in [2.75, 3.05) is 38.0 Å². The number of hydrogen-bond acceptors (Lipinski definition) is 3. The van der Waals surface area contributed by atoms with Crippen LogP contribution < -0.4 is 5.32 Å². The van der Waals surface area contributed by atoms with E-state index in [0.717, 1.165) is 9.26 Å². The standard InChI is InChI=1S/C13H16IN3O3/c14-10-2-1-3-11(8-10)15-13(20)17-6-4-16(5-7-17)9-12(18)19/h1-3,8H,4-7,9H2,(H,15,20)(H,18,19). The maximum Gasteiger partial charge on any atom is 0.321 e. The van der Waals surface area contributed by atoms with Crippen molar-refractivity contribution >= 4 is 40.3 Å². The fourth-order valence-electron chi connectivity index (χ4n) is 2.07. The van der Waals surface area contributed by atoms with E-state index in [9.17, 15) is 9.59 Å². The predicted octanol–water partition coefficient (Wildman–Crippen LogP) is 1.53. The number of anilines is 1. The molecule has 1 aliphatic heterocycles. The van der Waals surface area contributed by atoms with Gasteiger partial charge in [0.1, 0.15) is 0 Å². The van der Waals surface area contributed by atoms with Gasteiger partial charge in [-0.2, -0.15) is 0 Å². The van der Waals surface area contributed by atoms with E-state index in [0.29, 0.717) is 26.2 Å². The molecule has 1 aliphatic rings. The molecule has 0 spiro atoms. The summed E-state index contributed by atoms with van der Waals surface area (Å²) in [4.78, 5) is 26.2. The van der Waals surface area contributed by atoms with Gasteiger partial charge in [-0.25, -0.2) is 4.79 Å². The molecule has 7 heteroatoms. The molecule has 0 saturated carbocycles. The van der Waals surface area contributed by atoms with Crippen LogP contribution in [0, 0.1) is 3.57 Å². The zero-order chi connectivity index (χ0) is 14.5. The molecular formula is C13H16IN3O3. The molecule has 2 amide bonds. The number of aliphatic carboxylic acids is 1. The number of rotatable bonds is 3. The van der Waals surface area contributed by atoms with Crippen molar-refractivity contribution in [2.24, 2.45) is 0 Å². The van der Waals surface area contributed by atoms with Crippen LogP contribution in [0.2, 0.25) is 0 Å². The van der Waals surface area contributed by atoms with Gasteiger partial charge in [0, 0.05) is 35.4 Å². The van der Waals surface area contributed by atoms with E-state index >= 15 is 0 Å². The third-order valence-electron chi connectivity index (χ3n) is 3.09. The monoisotopic (exact) mass is 389 g/mol. The average Bonchev–Trinajstić information content (AvgIpc) is 2.38. The fourth-order valence-corrected chi connectivity index (χ4v) is 2.61. The molecule has 2 rings (SSSR count). The summed E-state index contributed by atoms with van der Waals surface area (Å²) in [5.41, 5.74) is 0.773. The molecular weight excluding hydrogens is 373 g/mol. The minimum absolute atomic E-state index is 0.0341. The maximum absolute atomic E-state index is 12.1. The highest BCUT2D eigenvalue weighted by Crippen LogP contribution is 2.13. The van der Waals surface area contributed by atoms with Crippen LogP contribution in [0.15, 0.2) is 24.3 Å². The lowest BCUT2D eigenvalue weighted by Crippen LogP contribution is -2.51. The van der Waals surface area contributed by atoms with Gasteiger partial charge in [-0.15, -0.1) is 0 Å². The third kappa shape index (κ3) is 4.34. The predicted molar refractivity (Wildman–Crippen MR) is 83.8 cm³/mol. The number of carboxylic acids is 1. The molecule has 0 aliphatic carbocycles. The highest BCUT2D eigenvalue weighted by Gasteiger charge is 2.22. The Labute approximate surface area is 130 Å². The second-order valence-electron chi connectivity index (χ2n) is 4.60. The van der Waals surface area contributed by atoms with Gasteiger partial charge in [0.25, 0.3) is 0 Å². The van der Waals surface area contributed by atoms with Crippen molar-refractivity contribution in [3.8, 4) is 0 Å². The van der Waals surface area contributed by atoms with Crippen molar-refractivity contribution in [3.63, 3.8) is 0 Å². The summed E-state index contributed by atoms with van der Waals surface area (Å²) < 4.78 is 1.06. The Hall–Kier alpha value is -1.35. The summed E-state index contributed by atoms with van der Waals surface area (Å²) in [6.07, 6.45) is 0. The quantitative estimate of drug-likeness (QED) is 0.770. The first kappa shape index (κ1) is 15.0. The summed E-state index contributed by atoms with van der Waals surface area (Å²) in [6.45, 7) is 2.30. The number of nitrogens with one attached hydrogen (secondary N) is 1. The summed E-state index contributed by atoms with van der Waals surface area (Å²) in [5, 5.41) is 11.6. The van der Waals surface area contributed by atoms with E-state index in [1.165, 1.54) is 0 Å². The Kier molecular flexibility index (Phi) is 5.18. The molecule has 1 saturated heterocycles. The third-order valence-corrected chi connectivity index (χ3v) is 3.77. The van der Waals surface area contributed by atoms with Crippen molar-refractivity contribution in [1.82, 2.24) is 9.80 Å². The Morgan fingerprint density at radius 3 is 2.55 bits per heavy atom. The lowest BCUT2D eigenvalue weighted by atomic mass is 10.3. The molecule has 1 aromatic carbocycles. The zero-order valence-corrected chi connectivity index (χ0v) is 13.0. The number of piperazine rings is 1. The first-order valence-electron chi connectivity index (χ1n) is 6.30. The molecule has 0 radical (unpaired) electrons. The highest BCUT2D eigenvalue weighted by atomic mass is 127. The number of hydrogen-bond donors (Lipinski definition) is 2. The molecule has 108 valence electrons. The van der Waals surface area contributed by atoms with Crippen molar-refractivity contribution in [3.05, 3.63) is 27.8 Å². The van der Waals surface area contributed by atoms with Crippen LogP contribution in [0.25, 0.3) is 0 Å². The molecule has 1 heterocycles. The van der Waals surface area contributed by atoms with Crippen LogP contribution in [0.5, 0.6) is 0 Å². The van der Waals surface area contributed by atoms with Crippen molar-refractivity contribution < 1.29 is 14.7 Å². The van der Waals surface area contributed by atoms with Crippen molar-refractivity contribution in [2.45, 2.75) is 0 Å². The van der Waals surface area contributed by atoms with Gasteiger partial charge in [-0.3, -0.25) is 9.69 Å². The van der Waals surface area contributed by atoms with Crippen LogP contribution in [0.3, 0.4) is 0 Å². The molecule has 2 N–H and O–H groups in total. The van der Waals surface area contributed by atoms with Crippen LogP contribution in [0.1, 0.15) is 0 Å². The van der Waals surface area contributed by atoms with Gasteiger partial charge >= 0.3 is 12.0 Å². The van der Waals surface area contributed by atoms with Gasteiger partial charge in [0.2, 0.25) is 0 Å². The maximum atomic E-state index is 12.1. The van der Waals surface area contributed by atoms with Gasteiger partial charge in [0.05, 0.1) is 6.54 Å². The number of halogens is 1. The smallest absolute Gasteiger partial charge is 0.321 e. The van der Waals surface area contributed by atoms with E-state index in [1.807, 2.05) is 29.2 Å². The van der Waals surface area contributed by atoms with Crippen LogP contribution in [-0.2, 0) is 4.79 Å². The van der Waals surface area contributed by atoms with Gasteiger partial charge in [-0.1, -0.05) is 6.07 Å². The largest absolute Gasteiger partial charge is 0.480 e. The lowest BCUT2D eigenvalue weighted by molar-refractivity contribution is -0.138. The average molecular weight is 389 g/mol. The molecule has 20 heavy (non-hydrogen) atoms. The Morgan fingerprint density at radius 1 is 1.25 bits per heavy atom. The number of carbonyl (C=O) groups is 2. The van der Waals surface area contributed by atoms with Gasteiger partial charge < -0.3 is 15.3 Å². The van der Waals surface area contributed by atoms with Gasteiger partial charge in [0.15, 0.2) is 0 Å². The minimum atomic E-state index is -0.832. The molecule has 0 atom stereocenters. The van der Waals surface area contributed by atoms with Gasteiger partial charge in [-0.05, 0) is 40.8 Å². The number of amides is 2. The van der Waals surface area contributed by atoms with E-state index in [2.05, 4.69) is 27.9 Å². The lowest BCUT2D eigenvalue weighted by Gasteiger charge is -2.33. The molecule has 1 fully saturated rings. The summed E-state index contributed by atoms with van der Waals surface area (Å²) in [6, 6.07) is 7.46. The fraction of sp³-hybridized carbons (Fsp3) is 0.385. The molecule has 0 unspecified atom stereocenters. The summed E-state index contributed by atoms with van der Waals surface area (Å²) >= 11 is 2.19. The van der Waals surface area contributed by atoms with Crippen LogP contribution in [0.4, 0.5) is 10.5 Å². The van der Waals surface area contributed by atoms with Crippen LogP contribution >= 0.6 is 22.6 Å². The van der Waals surface area contributed by atoms with E-state index < -0.39 is 5.97 Å². The highest BCUT2D eigenvalue weighted by molar-refractivity contribution is 14.1. The summed E-state index contributed by atoms with van der Waals surface area (Å²) in [5.74, 6) is -0.832. The molecule has 1 aromatic rings. The topological polar surface area (TPSA) is 72.9 Å². The molecule has 0 aromatic heterocycles. The number of nitrogens with zero attached hydrogens (tertiary/aromatic N) is 2. The normalized spacial score (nSPS) is 15.9. The zero-order valence-electron chi connectivity index (χ0n) is 10.9. The Morgan fingerprint density at radius 2 is 1.95 bits per heavy atom. The van der Waals surface area contributed by atoms with Crippen LogP contribution in [-0.4, -0.2) is 59.6 Å². The molecule has 6 nitrogen and oxygen atoms in total. The number of benzene rings is 1. The Bertz CT molecular complexity index is 501. The first-order valence-corrected chi connectivity index (χ1v) is 7.38.